The van der Waals surface area contributed by atoms with Gasteiger partial charge < -0.3 is 10.2 Å². The van der Waals surface area contributed by atoms with E-state index in [1.54, 1.807) is 0 Å². The van der Waals surface area contributed by atoms with Crippen molar-refractivity contribution in [2.75, 3.05) is 50.7 Å². The Balaban J connectivity index is 1.20. The molecule has 4 fully saturated rings. The molecule has 0 spiro atoms. The molecule has 3 aliphatic heterocycles. The second-order valence-corrected chi connectivity index (χ2v) is 9.62. The van der Waals surface area contributed by atoms with Crippen molar-refractivity contribution in [3.63, 3.8) is 0 Å². The second kappa shape index (κ2) is 7.31. The Morgan fingerprint density at radius 1 is 1.10 bits per heavy atom. The van der Waals surface area contributed by atoms with Crippen molar-refractivity contribution >= 4 is 28.4 Å². The van der Waals surface area contributed by atoms with Gasteiger partial charge in [0.25, 0.3) is 0 Å². The summed E-state index contributed by atoms with van der Waals surface area (Å²) in [6.07, 6.45) is 0.896. The molecule has 164 valence electrons. The van der Waals surface area contributed by atoms with Gasteiger partial charge in [-0.15, -0.1) is 0 Å². The van der Waals surface area contributed by atoms with Crippen molar-refractivity contribution in [3.05, 3.63) is 23.9 Å². The highest BCUT2D eigenvalue weighted by Crippen LogP contribution is 2.49. The maximum Gasteiger partial charge on any atom is 0.235 e. The molecule has 4 aliphatic rings. The van der Waals surface area contributed by atoms with E-state index in [1.807, 2.05) is 11.7 Å². The van der Waals surface area contributed by atoms with E-state index in [2.05, 4.69) is 38.6 Å². The van der Waals surface area contributed by atoms with Crippen LogP contribution < -0.4 is 15.5 Å². The van der Waals surface area contributed by atoms with Crippen LogP contribution in [-0.4, -0.2) is 72.3 Å². The molecule has 4 heterocycles. The molecule has 6 rings (SSSR count). The van der Waals surface area contributed by atoms with Gasteiger partial charge in [0.05, 0.1) is 22.8 Å². The summed E-state index contributed by atoms with van der Waals surface area (Å²) < 4.78 is 1.91. The summed E-state index contributed by atoms with van der Waals surface area (Å²) in [5.41, 5.74) is 3.06. The Kier molecular flexibility index (Phi) is 4.54. The molecule has 0 bridgehead atoms. The number of nitrogens with zero attached hydrogens (tertiary/aromatic N) is 4. The zero-order chi connectivity index (χ0) is 21.1. The average Bonchev–Trinajstić information content (AvgIpc) is 3.09. The molecule has 1 unspecified atom stereocenters. The number of nitrogens with one attached hydrogen (secondary N) is 2. The van der Waals surface area contributed by atoms with Crippen molar-refractivity contribution in [3.8, 4) is 0 Å². The number of rotatable bonds is 4. The number of piperazine rings is 1. The fourth-order valence-electron chi connectivity index (χ4n) is 6.10. The Hall–Kier alpha value is -2.45. The molecular weight excluding hydrogens is 392 g/mol. The van der Waals surface area contributed by atoms with E-state index >= 15 is 0 Å². The van der Waals surface area contributed by atoms with Gasteiger partial charge in [-0.05, 0) is 43.3 Å². The fourth-order valence-corrected chi connectivity index (χ4v) is 6.10. The third-order valence-electron chi connectivity index (χ3n) is 7.89. The maximum atomic E-state index is 12.4. The molecule has 8 nitrogen and oxygen atoms in total. The largest absolute Gasteiger partial charge is 0.367 e. The molecule has 31 heavy (non-hydrogen) atoms. The van der Waals surface area contributed by atoms with Crippen LogP contribution >= 0.6 is 0 Å². The lowest BCUT2D eigenvalue weighted by Gasteiger charge is -2.36. The molecule has 1 saturated carbocycles. The zero-order valence-corrected chi connectivity index (χ0v) is 18.0. The van der Waals surface area contributed by atoms with Crippen LogP contribution in [0.1, 0.15) is 24.5 Å². The van der Waals surface area contributed by atoms with Crippen LogP contribution in [-0.2, 0) is 16.6 Å². The van der Waals surface area contributed by atoms with Gasteiger partial charge in [0.1, 0.15) is 0 Å². The molecule has 8 heteroatoms. The standard InChI is InChI=1S/C23H30N6O2/c1-27-22-14(21(26-27)15-5-6-20(30)25-23(15)31)3-2-4-19(22)29-9-7-28(8-10-29)13-18-16-11-24-12-17(16)18/h2-4,15-18,24H,5-13H2,1H3,(H,25,30,31)/t15?,16-,17+,18-. The molecular formula is C23H30N6O2. The number of hydrogen-bond acceptors (Lipinski definition) is 6. The van der Waals surface area contributed by atoms with E-state index in [9.17, 15) is 9.59 Å². The van der Waals surface area contributed by atoms with Gasteiger partial charge in [0.2, 0.25) is 11.8 Å². The summed E-state index contributed by atoms with van der Waals surface area (Å²) in [6.45, 7) is 7.90. The monoisotopic (exact) mass is 422 g/mol. The third-order valence-corrected chi connectivity index (χ3v) is 7.89. The Labute approximate surface area is 181 Å². The Bertz CT molecular complexity index is 1030. The molecule has 2 amide bonds. The van der Waals surface area contributed by atoms with E-state index in [0.29, 0.717) is 12.8 Å². The Morgan fingerprint density at radius 2 is 1.87 bits per heavy atom. The smallest absolute Gasteiger partial charge is 0.235 e. The molecule has 3 saturated heterocycles. The number of imide groups is 1. The molecule has 0 radical (unpaired) electrons. The zero-order valence-electron chi connectivity index (χ0n) is 18.0. The van der Waals surface area contributed by atoms with Crippen molar-refractivity contribution in [1.29, 1.82) is 0 Å². The number of aromatic nitrogens is 2. The van der Waals surface area contributed by atoms with E-state index in [-0.39, 0.29) is 17.7 Å². The summed E-state index contributed by atoms with van der Waals surface area (Å²) in [6, 6.07) is 6.30. The van der Waals surface area contributed by atoms with Crippen LogP contribution in [0.3, 0.4) is 0 Å². The minimum atomic E-state index is -0.360. The number of carbonyl (C=O) groups is 2. The molecule has 1 aliphatic carbocycles. The van der Waals surface area contributed by atoms with E-state index < -0.39 is 0 Å². The first-order valence-corrected chi connectivity index (χ1v) is 11.6. The second-order valence-electron chi connectivity index (χ2n) is 9.62. The first-order chi connectivity index (χ1) is 15.1. The van der Waals surface area contributed by atoms with Crippen LogP contribution in [0.15, 0.2) is 18.2 Å². The fraction of sp³-hybridized carbons (Fsp3) is 0.609. The van der Waals surface area contributed by atoms with Gasteiger partial charge in [0.15, 0.2) is 0 Å². The van der Waals surface area contributed by atoms with Gasteiger partial charge in [0, 0.05) is 51.6 Å². The predicted molar refractivity (Wildman–Crippen MR) is 118 cm³/mol. The normalized spacial score (nSPS) is 31.2. The highest BCUT2D eigenvalue weighted by atomic mass is 16.2. The van der Waals surface area contributed by atoms with Crippen molar-refractivity contribution < 1.29 is 9.59 Å². The first kappa shape index (κ1) is 19.3. The Morgan fingerprint density at radius 3 is 2.61 bits per heavy atom. The van der Waals surface area contributed by atoms with Gasteiger partial charge in [-0.2, -0.15) is 5.10 Å². The lowest BCUT2D eigenvalue weighted by molar-refractivity contribution is -0.134. The minimum absolute atomic E-state index is 0.189. The number of hydrogen-bond donors (Lipinski definition) is 2. The van der Waals surface area contributed by atoms with E-state index in [4.69, 9.17) is 5.10 Å². The quantitative estimate of drug-likeness (QED) is 0.706. The molecule has 2 N–H and O–H groups in total. The van der Waals surface area contributed by atoms with Crippen molar-refractivity contribution in [1.82, 2.24) is 25.3 Å². The summed E-state index contributed by atoms with van der Waals surface area (Å²) in [5, 5.41) is 11.7. The molecule has 4 atom stereocenters. The first-order valence-electron chi connectivity index (χ1n) is 11.6. The van der Waals surface area contributed by atoms with Gasteiger partial charge in [-0.1, -0.05) is 12.1 Å². The average molecular weight is 423 g/mol. The van der Waals surface area contributed by atoms with Crippen LogP contribution in [0, 0.1) is 17.8 Å². The number of fused-ring (bicyclic) bond motifs is 2. The number of para-hydroxylation sites is 1. The van der Waals surface area contributed by atoms with Crippen LogP contribution in [0.2, 0.25) is 0 Å². The highest BCUT2D eigenvalue weighted by Gasteiger charge is 2.52. The van der Waals surface area contributed by atoms with Crippen LogP contribution in [0.25, 0.3) is 10.9 Å². The number of piperidine rings is 2. The van der Waals surface area contributed by atoms with Crippen LogP contribution in [0.4, 0.5) is 5.69 Å². The van der Waals surface area contributed by atoms with Crippen LogP contribution in [0.5, 0.6) is 0 Å². The summed E-state index contributed by atoms with van der Waals surface area (Å²) in [7, 11) is 1.96. The van der Waals surface area contributed by atoms with Gasteiger partial charge in [-0.25, -0.2) is 0 Å². The third kappa shape index (κ3) is 3.24. The molecule has 1 aromatic heterocycles. The lowest BCUT2D eigenvalue weighted by Crippen LogP contribution is -2.47. The van der Waals surface area contributed by atoms with Crippen molar-refractivity contribution in [2.45, 2.75) is 18.8 Å². The molecule has 2 aromatic rings. The topological polar surface area (TPSA) is 82.5 Å². The number of amides is 2. The van der Waals surface area contributed by atoms with Gasteiger partial charge >= 0.3 is 0 Å². The van der Waals surface area contributed by atoms with E-state index in [0.717, 1.165) is 60.5 Å². The number of carbonyl (C=O) groups excluding carboxylic acids is 2. The predicted octanol–water partition coefficient (Wildman–Crippen LogP) is 0.681. The van der Waals surface area contributed by atoms with Gasteiger partial charge in [-0.3, -0.25) is 24.5 Å². The maximum absolute atomic E-state index is 12.4. The number of benzene rings is 1. The van der Waals surface area contributed by atoms with Crippen molar-refractivity contribution in [2.24, 2.45) is 24.8 Å². The highest BCUT2D eigenvalue weighted by molar-refractivity contribution is 6.03. The van der Waals surface area contributed by atoms with E-state index in [1.165, 1.54) is 25.3 Å². The number of anilines is 1. The molecule has 1 aromatic carbocycles. The minimum Gasteiger partial charge on any atom is -0.367 e. The summed E-state index contributed by atoms with van der Waals surface area (Å²) in [4.78, 5) is 29.1. The summed E-state index contributed by atoms with van der Waals surface area (Å²) >= 11 is 0. The SMILES string of the molecule is Cn1nc(C2CCC(=O)NC2=O)c2cccc(N3CCN(C[C@@H]4[C@@H]5CNC[C@@H]54)CC3)c21. The number of aryl methyl sites for hydroxylation is 1. The summed E-state index contributed by atoms with van der Waals surface area (Å²) in [5.74, 6) is 1.98. The lowest BCUT2D eigenvalue weighted by atomic mass is 9.92.